The molecule has 2 atom stereocenters. The van der Waals surface area contributed by atoms with Gasteiger partial charge in [-0.05, 0) is 24.1 Å². The Morgan fingerprint density at radius 2 is 2.07 bits per heavy atom. The van der Waals surface area contributed by atoms with E-state index in [1.807, 2.05) is 5.38 Å². The van der Waals surface area contributed by atoms with E-state index in [2.05, 4.69) is 9.88 Å². The topological polar surface area (TPSA) is 73.7 Å². The summed E-state index contributed by atoms with van der Waals surface area (Å²) in [7, 11) is -4.09. The van der Waals surface area contributed by atoms with Crippen LogP contribution in [-0.2, 0) is 22.7 Å². The first-order valence-corrected chi connectivity index (χ1v) is 11.3. The second-order valence-corrected chi connectivity index (χ2v) is 10.6. The van der Waals surface area contributed by atoms with Crippen LogP contribution < -0.4 is 0 Å². The first kappa shape index (κ1) is 20.7. The Morgan fingerprint density at radius 3 is 2.69 bits per heavy atom. The lowest BCUT2D eigenvalue weighted by atomic mass is 9.82. The van der Waals surface area contributed by atoms with Crippen LogP contribution in [0.25, 0.3) is 0 Å². The van der Waals surface area contributed by atoms with Crippen molar-refractivity contribution in [3.05, 3.63) is 46.4 Å². The highest BCUT2D eigenvalue weighted by Gasteiger charge is 2.54. The molecule has 4 rings (SSSR count). The average molecular weight is 448 g/mol. The van der Waals surface area contributed by atoms with Crippen LogP contribution in [-0.4, -0.2) is 60.5 Å². The van der Waals surface area contributed by atoms with Crippen molar-refractivity contribution in [3.8, 4) is 0 Å². The molecule has 2 unspecified atom stereocenters. The van der Waals surface area contributed by atoms with E-state index in [4.69, 9.17) is 0 Å². The molecule has 2 saturated heterocycles. The van der Waals surface area contributed by atoms with Crippen LogP contribution in [0, 0.1) is 11.3 Å². The number of hydrogen-bond acceptors (Lipinski definition) is 6. The van der Waals surface area contributed by atoms with Crippen molar-refractivity contribution >= 4 is 21.4 Å². The molecule has 0 aliphatic carbocycles. The van der Waals surface area contributed by atoms with Crippen molar-refractivity contribution in [3.63, 3.8) is 0 Å². The molecular formula is C18H20F3N3O3S2. The van der Waals surface area contributed by atoms with Crippen molar-refractivity contribution < 1.29 is 26.7 Å². The van der Waals surface area contributed by atoms with E-state index in [0.717, 1.165) is 17.1 Å². The number of thiazole rings is 1. The summed E-state index contributed by atoms with van der Waals surface area (Å²) in [4.78, 5) is 6.03. The summed E-state index contributed by atoms with van der Waals surface area (Å²) >= 11 is 1.54. The van der Waals surface area contributed by atoms with Gasteiger partial charge in [0.05, 0.1) is 23.6 Å². The molecular weight excluding hydrogens is 427 g/mol. The monoisotopic (exact) mass is 447 g/mol. The zero-order chi connectivity index (χ0) is 20.9. The molecule has 2 aromatic rings. The molecule has 29 heavy (non-hydrogen) atoms. The predicted octanol–water partition coefficient (Wildman–Crippen LogP) is 2.28. The Hall–Kier alpha value is -1.53. The second-order valence-electron chi connectivity index (χ2n) is 7.64. The van der Waals surface area contributed by atoms with Crippen LogP contribution in [0.4, 0.5) is 13.2 Å². The zero-order valence-corrected chi connectivity index (χ0v) is 17.0. The predicted molar refractivity (Wildman–Crippen MR) is 101 cm³/mol. The molecule has 11 heteroatoms. The van der Waals surface area contributed by atoms with Crippen LogP contribution in [0.1, 0.15) is 10.6 Å². The highest BCUT2D eigenvalue weighted by atomic mass is 32.2. The average Bonchev–Trinajstić information content (AvgIpc) is 3.36. The minimum atomic E-state index is -4.62. The van der Waals surface area contributed by atoms with Crippen LogP contribution >= 0.6 is 11.3 Å². The Balaban J connectivity index is 1.53. The number of aromatic nitrogens is 1. The maximum Gasteiger partial charge on any atom is 0.416 e. The standard InChI is InChI=1S/C18H20F3N3O3S2/c19-18(20,21)13-2-1-3-15(6-13)29(26,27)24-8-14-7-23(9-16-22-4-5-28-16)10-17(14,11-24)12-25/h1-6,14,25H,7-12H2. The molecule has 0 radical (unpaired) electrons. The van der Waals surface area contributed by atoms with E-state index in [-0.39, 0.29) is 30.5 Å². The molecule has 2 aliphatic rings. The third-order valence-electron chi connectivity index (χ3n) is 5.75. The first-order valence-electron chi connectivity index (χ1n) is 9.03. The molecule has 1 aromatic heterocycles. The van der Waals surface area contributed by atoms with Crippen molar-refractivity contribution in [1.29, 1.82) is 0 Å². The highest BCUT2D eigenvalue weighted by molar-refractivity contribution is 7.89. The highest BCUT2D eigenvalue weighted by Crippen LogP contribution is 2.44. The van der Waals surface area contributed by atoms with Gasteiger partial charge in [-0.25, -0.2) is 13.4 Å². The summed E-state index contributed by atoms with van der Waals surface area (Å²) in [5.41, 5.74) is -1.61. The minimum absolute atomic E-state index is 0.0844. The fraction of sp³-hybridized carbons (Fsp3) is 0.500. The van der Waals surface area contributed by atoms with Crippen LogP contribution in [0.15, 0.2) is 40.7 Å². The van der Waals surface area contributed by atoms with E-state index in [1.54, 1.807) is 6.20 Å². The Morgan fingerprint density at radius 1 is 1.28 bits per heavy atom. The summed E-state index contributed by atoms with van der Waals surface area (Å²) in [6.07, 6.45) is -2.89. The fourth-order valence-corrected chi connectivity index (χ4v) is 6.56. The van der Waals surface area contributed by atoms with Gasteiger partial charge >= 0.3 is 6.18 Å². The molecule has 158 valence electrons. The van der Waals surface area contributed by atoms with Gasteiger partial charge in [0.1, 0.15) is 5.01 Å². The summed E-state index contributed by atoms with van der Waals surface area (Å²) < 4.78 is 66.2. The Labute approximate surface area is 170 Å². The molecule has 2 aliphatic heterocycles. The van der Waals surface area contributed by atoms with Crippen molar-refractivity contribution in [2.24, 2.45) is 11.3 Å². The second kappa shape index (κ2) is 7.31. The number of fused-ring (bicyclic) bond motifs is 1. The number of aliphatic hydroxyl groups excluding tert-OH is 1. The quantitative estimate of drug-likeness (QED) is 0.761. The molecule has 0 amide bonds. The number of alkyl halides is 3. The number of sulfonamides is 1. The van der Waals surface area contributed by atoms with Gasteiger partial charge < -0.3 is 5.11 Å². The van der Waals surface area contributed by atoms with Crippen LogP contribution in [0.5, 0.6) is 0 Å². The lowest BCUT2D eigenvalue weighted by molar-refractivity contribution is -0.137. The molecule has 0 bridgehead atoms. The number of nitrogens with zero attached hydrogens (tertiary/aromatic N) is 3. The molecule has 1 aromatic carbocycles. The molecule has 1 N–H and O–H groups in total. The van der Waals surface area contributed by atoms with Crippen LogP contribution in [0.3, 0.4) is 0 Å². The first-order chi connectivity index (χ1) is 13.6. The summed E-state index contributed by atoms with van der Waals surface area (Å²) in [6, 6.07) is 3.80. The Kier molecular flexibility index (Phi) is 5.23. The number of halogens is 3. The maximum atomic E-state index is 13.0. The molecule has 0 saturated carbocycles. The van der Waals surface area contributed by atoms with Gasteiger partial charge in [-0.2, -0.15) is 17.5 Å². The third-order valence-corrected chi connectivity index (χ3v) is 8.33. The van der Waals surface area contributed by atoms with E-state index >= 15 is 0 Å². The summed E-state index contributed by atoms with van der Waals surface area (Å²) in [5, 5.41) is 12.9. The SMILES string of the molecule is O=S(=O)(c1cccc(C(F)(F)F)c1)N1CC2CN(Cc3nccs3)CC2(CO)C1. The zero-order valence-electron chi connectivity index (χ0n) is 15.3. The fourth-order valence-electron chi connectivity index (χ4n) is 4.27. The van der Waals surface area contributed by atoms with Crippen molar-refractivity contribution in [1.82, 2.24) is 14.2 Å². The maximum absolute atomic E-state index is 13.0. The number of likely N-dealkylation sites (tertiary alicyclic amines) is 1. The van der Waals surface area contributed by atoms with E-state index in [0.29, 0.717) is 25.7 Å². The number of rotatable bonds is 5. The molecule has 6 nitrogen and oxygen atoms in total. The summed E-state index contributed by atoms with van der Waals surface area (Å²) in [6.45, 7) is 1.84. The number of hydrogen-bond donors (Lipinski definition) is 1. The molecule has 3 heterocycles. The summed E-state index contributed by atoms with van der Waals surface area (Å²) in [5.74, 6) is -0.0898. The van der Waals surface area contributed by atoms with Crippen molar-refractivity contribution in [2.75, 3.05) is 32.8 Å². The van der Waals surface area contributed by atoms with Gasteiger partial charge in [-0.3, -0.25) is 4.90 Å². The molecule has 0 spiro atoms. The van der Waals surface area contributed by atoms with E-state index in [9.17, 15) is 26.7 Å². The van der Waals surface area contributed by atoms with Gasteiger partial charge in [0.25, 0.3) is 0 Å². The van der Waals surface area contributed by atoms with Crippen molar-refractivity contribution in [2.45, 2.75) is 17.6 Å². The van der Waals surface area contributed by atoms with Gasteiger partial charge in [0.15, 0.2) is 0 Å². The van der Waals surface area contributed by atoms with E-state index < -0.39 is 27.2 Å². The lowest BCUT2D eigenvalue weighted by Crippen LogP contribution is -2.38. The van der Waals surface area contributed by atoms with Crippen LogP contribution in [0.2, 0.25) is 0 Å². The smallest absolute Gasteiger partial charge is 0.396 e. The molecule has 2 fully saturated rings. The third kappa shape index (κ3) is 3.81. The van der Waals surface area contributed by atoms with Gasteiger partial charge in [-0.1, -0.05) is 6.07 Å². The largest absolute Gasteiger partial charge is 0.416 e. The van der Waals surface area contributed by atoms with Gasteiger partial charge in [0, 0.05) is 43.2 Å². The normalized spacial score (nSPS) is 26.1. The number of benzene rings is 1. The van der Waals surface area contributed by atoms with Gasteiger partial charge in [-0.15, -0.1) is 11.3 Å². The van der Waals surface area contributed by atoms with E-state index in [1.165, 1.54) is 21.7 Å². The minimum Gasteiger partial charge on any atom is -0.396 e. The Bertz CT molecular complexity index is 982. The number of aliphatic hydroxyl groups is 1. The lowest BCUT2D eigenvalue weighted by Gasteiger charge is -2.27. The van der Waals surface area contributed by atoms with Gasteiger partial charge in [0.2, 0.25) is 10.0 Å².